The number of anilines is 2. The maximum absolute atomic E-state index is 13.8. The molecule has 0 aliphatic carbocycles. The van der Waals surface area contributed by atoms with Crippen LogP contribution in [0.1, 0.15) is 0 Å². The molecule has 0 atom stereocenters. The number of nitrogens with one attached hydrogen (secondary N) is 1. The Morgan fingerprint density at radius 1 is 1.11 bits per heavy atom. The van der Waals surface area contributed by atoms with E-state index in [0.717, 1.165) is 23.5 Å². The second kappa shape index (κ2) is 6.76. The quantitative estimate of drug-likeness (QED) is 0.525. The lowest BCUT2D eigenvalue weighted by Crippen LogP contribution is -2.02. The van der Waals surface area contributed by atoms with E-state index in [0.29, 0.717) is 21.7 Å². The van der Waals surface area contributed by atoms with E-state index in [-0.39, 0.29) is 16.4 Å². The number of benzene rings is 2. The van der Waals surface area contributed by atoms with Crippen molar-refractivity contribution in [2.24, 2.45) is 0 Å². The first-order chi connectivity index (χ1) is 13.0. The molecule has 0 bridgehead atoms. The fourth-order valence-corrected chi connectivity index (χ4v) is 3.23. The average molecular weight is 387 g/mol. The number of nitrogens with zero attached hydrogens (tertiary/aromatic N) is 2. The molecular formula is C18H11F2N3O3S. The van der Waals surface area contributed by atoms with Crippen molar-refractivity contribution in [1.29, 1.82) is 0 Å². The number of hydrogen-bond donors (Lipinski definition) is 1. The minimum absolute atomic E-state index is 0.0504. The zero-order valence-corrected chi connectivity index (χ0v) is 14.6. The van der Waals surface area contributed by atoms with Crippen molar-refractivity contribution in [3.8, 4) is 16.3 Å². The van der Waals surface area contributed by atoms with Crippen LogP contribution in [0.25, 0.3) is 21.5 Å². The summed E-state index contributed by atoms with van der Waals surface area (Å²) in [6.45, 7) is 0. The molecule has 27 heavy (non-hydrogen) atoms. The number of aromatic nitrogens is 2. The zero-order valence-electron chi connectivity index (χ0n) is 13.8. The summed E-state index contributed by atoms with van der Waals surface area (Å²) in [7, 11) is 1.54. The Morgan fingerprint density at radius 2 is 1.96 bits per heavy atom. The molecule has 1 N–H and O–H groups in total. The molecule has 0 saturated carbocycles. The molecule has 0 fully saturated rings. The first-order valence-corrected chi connectivity index (χ1v) is 8.53. The van der Waals surface area contributed by atoms with Crippen molar-refractivity contribution in [3.63, 3.8) is 0 Å². The molecular weight excluding hydrogens is 376 g/mol. The van der Waals surface area contributed by atoms with Crippen LogP contribution in [0.5, 0.6) is 5.75 Å². The molecule has 0 unspecified atom stereocenters. The van der Waals surface area contributed by atoms with Gasteiger partial charge in [0.2, 0.25) is 5.13 Å². The third kappa shape index (κ3) is 3.36. The number of hydrogen-bond acceptors (Lipinski definition) is 7. The summed E-state index contributed by atoms with van der Waals surface area (Å²) in [4.78, 5) is 12.3. The number of rotatable bonds is 4. The molecule has 2 heterocycles. The molecule has 0 radical (unpaired) electrons. The Bertz CT molecular complexity index is 1210. The van der Waals surface area contributed by atoms with Crippen LogP contribution in [0, 0.1) is 11.6 Å². The number of fused-ring (bicyclic) bond motifs is 1. The van der Waals surface area contributed by atoms with Crippen molar-refractivity contribution in [1.82, 2.24) is 10.2 Å². The van der Waals surface area contributed by atoms with Gasteiger partial charge in [-0.2, -0.15) is 0 Å². The second-order valence-electron chi connectivity index (χ2n) is 5.51. The molecule has 0 aliphatic rings. The first kappa shape index (κ1) is 17.1. The molecule has 0 amide bonds. The molecule has 136 valence electrons. The van der Waals surface area contributed by atoms with Gasteiger partial charge >= 0.3 is 5.63 Å². The van der Waals surface area contributed by atoms with Gasteiger partial charge in [-0.1, -0.05) is 11.3 Å². The van der Waals surface area contributed by atoms with E-state index in [4.69, 9.17) is 9.15 Å². The maximum Gasteiger partial charge on any atom is 0.346 e. The highest BCUT2D eigenvalue weighted by Gasteiger charge is 2.15. The molecule has 9 heteroatoms. The topological polar surface area (TPSA) is 77.2 Å². The molecule has 2 aromatic carbocycles. The normalized spacial score (nSPS) is 10.9. The highest BCUT2D eigenvalue weighted by Crippen LogP contribution is 2.30. The van der Waals surface area contributed by atoms with Gasteiger partial charge in [0, 0.05) is 11.5 Å². The third-order valence-electron chi connectivity index (χ3n) is 3.77. The summed E-state index contributed by atoms with van der Waals surface area (Å²) in [6.07, 6.45) is 0. The van der Waals surface area contributed by atoms with E-state index in [1.165, 1.54) is 6.07 Å². The van der Waals surface area contributed by atoms with E-state index in [1.807, 2.05) is 0 Å². The third-order valence-corrected chi connectivity index (χ3v) is 4.64. The largest absolute Gasteiger partial charge is 0.497 e. The van der Waals surface area contributed by atoms with Gasteiger partial charge in [-0.05, 0) is 36.4 Å². The number of ether oxygens (including phenoxy) is 1. The molecule has 4 aromatic rings. The highest BCUT2D eigenvalue weighted by molar-refractivity contribution is 7.18. The maximum atomic E-state index is 13.8. The molecule has 2 aromatic heterocycles. The highest BCUT2D eigenvalue weighted by atomic mass is 32.1. The fourth-order valence-electron chi connectivity index (χ4n) is 2.47. The van der Waals surface area contributed by atoms with Crippen LogP contribution in [0.2, 0.25) is 0 Å². The monoisotopic (exact) mass is 387 g/mol. The van der Waals surface area contributed by atoms with E-state index in [9.17, 15) is 13.6 Å². The molecule has 4 rings (SSSR count). The number of methoxy groups -OCH3 is 1. The van der Waals surface area contributed by atoms with Crippen LogP contribution in [0.15, 0.2) is 51.7 Å². The Kier molecular flexibility index (Phi) is 4.28. The van der Waals surface area contributed by atoms with Crippen molar-refractivity contribution in [2.45, 2.75) is 0 Å². The van der Waals surface area contributed by atoms with Crippen LogP contribution in [0.4, 0.5) is 19.6 Å². The minimum Gasteiger partial charge on any atom is -0.497 e. The van der Waals surface area contributed by atoms with Gasteiger partial charge in [0.05, 0.1) is 18.4 Å². The van der Waals surface area contributed by atoms with Gasteiger partial charge < -0.3 is 14.5 Å². The summed E-state index contributed by atoms with van der Waals surface area (Å²) >= 11 is 1.04. The van der Waals surface area contributed by atoms with Gasteiger partial charge in [0.25, 0.3) is 0 Å². The van der Waals surface area contributed by atoms with E-state index in [1.54, 1.807) is 31.4 Å². The van der Waals surface area contributed by atoms with Crippen molar-refractivity contribution >= 4 is 33.1 Å². The summed E-state index contributed by atoms with van der Waals surface area (Å²) < 4.78 is 37.2. The van der Waals surface area contributed by atoms with Gasteiger partial charge in [0.1, 0.15) is 23.0 Å². The number of halogens is 2. The minimum atomic E-state index is -0.760. The zero-order chi connectivity index (χ0) is 19.0. The van der Waals surface area contributed by atoms with Gasteiger partial charge in [-0.3, -0.25) is 0 Å². The average Bonchev–Trinajstić information content (AvgIpc) is 3.11. The van der Waals surface area contributed by atoms with E-state index >= 15 is 0 Å². The van der Waals surface area contributed by atoms with E-state index in [2.05, 4.69) is 15.5 Å². The lowest BCUT2D eigenvalue weighted by Gasteiger charge is -2.03. The van der Waals surface area contributed by atoms with Crippen molar-refractivity contribution in [3.05, 3.63) is 64.5 Å². The van der Waals surface area contributed by atoms with Gasteiger partial charge in [-0.15, -0.1) is 10.2 Å². The lowest BCUT2D eigenvalue weighted by atomic mass is 10.2. The lowest BCUT2D eigenvalue weighted by molar-refractivity contribution is 0.415. The summed E-state index contributed by atoms with van der Waals surface area (Å²) in [6, 6.07) is 9.83. The summed E-state index contributed by atoms with van der Waals surface area (Å²) in [5.74, 6) is -0.821. The Hall–Kier alpha value is -3.33. The van der Waals surface area contributed by atoms with Crippen LogP contribution in [-0.4, -0.2) is 17.3 Å². The second-order valence-corrected chi connectivity index (χ2v) is 6.49. The molecule has 0 spiro atoms. The predicted molar refractivity (Wildman–Crippen MR) is 97.6 cm³/mol. The van der Waals surface area contributed by atoms with Crippen molar-refractivity contribution < 1.29 is 17.9 Å². The SMILES string of the molecule is COc1ccc2oc(=O)c(-c3nnc(Nc4ccc(F)cc4F)s3)cc2c1. The van der Waals surface area contributed by atoms with Crippen LogP contribution < -0.4 is 15.7 Å². The predicted octanol–water partition coefficient (Wildman–Crippen LogP) is 4.34. The van der Waals surface area contributed by atoms with Crippen LogP contribution in [-0.2, 0) is 0 Å². The van der Waals surface area contributed by atoms with Crippen molar-refractivity contribution in [2.75, 3.05) is 12.4 Å². The van der Waals surface area contributed by atoms with Crippen LogP contribution in [0.3, 0.4) is 0 Å². The fraction of sp³-hybridized carbons (Fsp3) is 0.0556. The van der Waals surface area contributed by atoms with Gasteiger partial charge in [0.15, 0.2) is 5.01 Å². The standard InChI is InChI=1S/C18H11F2N3O3S/c1-25-11-3-5-15-9(6-11)7-12(17(24)26-15)16-22-23-18(27-16)21-14-4-2-10(19)8-13(14)20/h2-8H,1H3,(H,21,23). The van der Waals surface area contributed by atoms with Gasteiger partial charge in [-0.25, -0.2) is 13.6 Å². The van der Waals surface area contributed by atoms with E-state index < -0.39 is 17.3 Å². The summed E-state index contributed by atoms with van der Waals surface area (Å²) in [5, 5.41) is 11.8. The Morgan fingerprint density at radius 3 is 2.74 bits per heavy atom. The smallest absolute Gasteiger partial charge is 0.346 e. The van der Waals surface area contributed by atoms with Crippen LogP contribution >= 0.6 is 11.3 Å². The molecule has 0 aliphatic heterocycles. The molecule has 0 saturated heterocycles. The Balaban J connectivity index is 1.70. The Labute approximate surface area is 155 Å². The molecule has 6 nitrogen and oxygen atoms in total. The first-order valence-electron chi connectivity index (χ1n) is 7.71. The summed E-state index contributed by atoms with van der Waals surface area (Å²) in [5.41, 5.74) is 0.124.